The molecule has 0 aromatic heterocycles. The minimum absolute atomic E-state index is 0.192. The van der Waals surface area contributed by atoms with Crippen LogP contribution in [0.4, 0.5) is 0 Å². The van der Waals surface area contributed by atoms with Crippen molar-refractivity contribution in [2.24, 2.45) is 0 Å². The van der Waals surface area contributed by atoms with E-state index in [1.165, 1.54) is 0 Å². The largest absolute Gasteiger partial charge is 0.492 e. The van der Waals surface area contributed by atoms with Gasteiger partial charge in [-0.3, -0.25) is 4.90 Å². The van der Waals surface area contributed by atoms with Crippen molar-refractivity contribution in [1.82, 2.24) is 4.90 Å². The number of ether oxygens (including phenoxy) is 1. The standard InChI is InChI=1S/C13H20ClNO2/c1-2-6-15(7-9-16)8-10-17-13-5-3-4-12(14)11-13/h3-5,11,16H,2,6-10H2,1H3. The minimum atomic E-state index is 0.192. The first kappa shape index (κ1) is 14.3. The first-order valence-electron chi connectivity index (χ1n) is 5.98. The summed E-state index contributed by atoms with van der Waals surface area (Å²) in [6.45, 7) is 5.44. The lowest BCUT2D eigenvalue weighted by atomic mass is 10.3. The number of hydrogen-bond donors (Lipinski definition) is 1. The highest BCUT2D eigenvalue weighted by Gasteiger charge is 2.03. The maximum atomic E-state index is 8.92. The van der Waals surface area contributed by atoms with Crippen LogP contribution in [0.25, 0.3) is 0 Å². The molecule has 0 fully saturated rings. The second kappa shape index (κ2) is 8.34. The monoisotopic (exact) mass is 257 g/mol. The van der Waals surface area contributed by atoms with Crippen LogP contribution < -0.4 is 4.74 Å². The lowest BCUT2D eigenvalue weighted by Crippen LogP contribution is -2.31. The fourth-order valence-electron chi connectivity index (χ4n) is 1.64. The van der Waals surface area contributed by atoms with Crippen molar-refractivity contribution >= 4 is 11.6 Å². The summed E-state index contributed by atoms with van der Waals surface area (Å²) in [5.74, 6) is 0.790. The molecule has 0 aliphatic heterocycles. The van der Waals surface area contributed by atoms with E-state index in [2.05, 4.69) is 11.8 Å². The average molecular weight is 258 g/mol. The molecule has 1 rings (SSSR count). The number of aliphatic hydroxyl groups is 1. The van der Waals surface area contributed by atoms with Crippen LogP contribution in [-0.2, 0) is 0 Å². The van der Waals surface area contributed by atoms with Gasteiger partial charge >= 0.3 is 0 Å². The highest BCUT2D eigenvalue weighted by atomic mass is 35.5. The second-order valence-corrected chi connectivity index (χ2v) is 4.31. The molecule has 0 radical (unpaired) electrons. The Balaban J connectivity index is 2.30. The van der Waals surface area contributed by atoms with E-state index in [4.69, 9.17) is 21.4 Å². The van der Waals surface area contributed by atoms with Crippen LogP contribution in [0.1, 0.15) is 13.3 Å². The van der Waals surface area contributed by atoms with Gasteiger partial charge in [0.1, 0.15) is 12.4 Å². The Kier molecular flexibility index (Phi) is 7.01. The van der Waals surface area contributed by atoms with Gasteiger partial charge in [-0.15, -0.1) is 0 Å². The van der Waals surface area contributed by atoms with Crippen molar-refractivity contribution in [2.75, 3.05) is 32.8 Å². The third-order valence-electron chi connectivity index (χ3n) is 2.43. The predicted octanol–water partition coefficient (Wildman–Crippen LogP) is 2.42. The zero-order valence-electron chi connectivity index (χ0n) is 10.2. The van der Waals surface area contributed by atoms with Gasteiger partial charge in [0.25, 0.3) is 0 Å². The molecule has 0 spiro atoms. The highest BCUT2D eigenvalue weighted by molar-refractivity contribution is 6.30. The molecule has 17 heavy (non-hydrogen) atoms. The van der Waals surface area contributed by atoms with Gasteiger partial charge in [0.15, 0.2) is 0 Å². The molecular formula is C13H20ClNO2. The third-order valence-corrected chi connectivity index (χ3v) is 2.66. The fourth-order valence-corrected chi connectivity index (χ4v) is 1.82. The Bertz CT molecular complexity index is 314. The van der Waals surface area contributed by atoms with Gasteiger partial charge in [-0.2, -0.15) is 0 Å². The second-order valence-electron chi connectivity index (χ2n) is 3.87. The molecule has 3 nitrogen and oxygen atoms in total. The van der Waals surface area contributed by atoms with Gasteiger partial charge in [-0.1, -0.05) is 24.6 Å². The summed E-state index contributed by atoms with van der Waals surface area (Å²) in [5, 5.41) is 9.60. The highest BCUT2D eigenvalue weighted by Crippen LogP contribution is 2.16. The summed E-state index contributed by atoms with van der Waals surface area (Å²) in [6, 6.07) is 7.39. The molecule has 1 aromatic rings. The molecule has 0 aliphatic rings. The van der Waals surface area contributed by atoms with Crippen molar-refractivity contribution in [1.29, 1.82) is 0 Å². The number of rotatable bonds is 8. The molecule has 4 heteroatoms. The SMILES string of the molecule is CCCN(CCO)CCOc1cccc(Cl)c1. The predicted molar refractivity (Wildman–Crippen MR) is 70.8 cm³/mol. The number of hydrogen-bond acceptors (Lipinski definition) is 3. The van der Waals surface area contributed by atoms with Crippen LogP contribution in [0.15, 0.2) is 24.3 Å². The summed E-state index contributed by atoms with van der Waals surface area (Å²) < 4.78 is 5.60. The van der Waals surface area contributed by atoms with Gasteiger partial charge in [-0.25, -0.2) is 0 Å². The molecule has 0 aliphatic carbocycles. The van der Waals surface area contributed by atoms with Crippen LogP contribution in [0.2, 0.25) is 5.02 Å². The van der Waals surface area contributed by atoms with E-state index in [0.29, 0.717) is 18.2 Å². The topological polar surface area (TPSA) is 32.7 Å². The van der Waals surface area contributed by atoms with E-state index in [1.54, 1.807) is 6.07 Å². The Hall–Kier alpha value is -0.770. The smallest absolute Gasteiger partial charge is 0.120 e. The first-order chi connectivity index (χ1) is 8.26. The zero-order chi connectivity index (χ0) is 12.5. The summed E-state index contributed by atoms with van der Waals surface area (Å²) in [4.78, 5) is 2.19. The number of halogens is 1. The van der Waals surface area contributed by atoms with Crippen LogP contribution in [0, 0.1) is 0 Å². The van der Waals surface area contributed by atoms with Crippen LogP contribution in [0.5, 0.6) is 5.75 Å². The molecule has 0 atom stereocenters. The maximum absolute atomic E-state index is 8.92. The number of nitrogens with zero attached hydrogens (tertiary/aromatic N) is 1. The number of aliphatic hydroxyl groups excluding tert-OH is 1. The third kappa shape index (κ3) is 5.91. The molecule has 0 bridgehead atoms. The van der Waals surface area contributed by atoms with Crippen molar-refractivity contribution in [3.63, 3.8) is 0 Å². The van der Waals surface area contributed by atoms with Crippen LogP contribution in [0.3, 0.4) is 0 Å². The van der Waals surface area contributed by atoms with Crippen LogP contribution >= 0.6 is 11.6 Å². The van der Waals surface area contributed by atoms with Gasteiger partial charge in [-0.05, 0) is 31.2 Å². The fraction of sp³-hybridized carbons (Fsp3) is 0.538. The van der Waals surface area contributed by atoms with Crippen molar-refractivity contribution in [3.8, 4) is 5.75 Å². The first-order valence-corrected chi connectivity index (χ1v) is 6.35. The molecule has 1 aromatic carbocycles. The molecule has 0 unspecified atom stereocenters. The minimum Gasteiger partial charge on any atom is -0.492 e. The normalized spacial score (nSPS) is 10.8. The van der Waals surface area contributed by atoms with Gasteiger partial charge < -0.3 is 9.84 Å². The van der Waals surface area contributed by atoms with E-state index in [0.717, 1.165) is 25.3 Å². The molecule has 0 saturated heterocycles. The van der Waals surface area contributed by atoms with Crippen molar-refractivity contribution in [2.45, 2.75) is 13.3 Å². The van der Waals surface area contributed by atoms with E-state index in [9.17, 15) is 0 Å². The summed E-state index contributed by atoms with van der Waals surface area (Å²) >= 11 is 5.86. The van der Waals surface area contributed by atoms with Crippen molar-refractivity contribution in [3.05, 3.63) is 29.3 Å². The number of benzene rings is 1. The lowest BCUT2D eigenvalue weighted by molar-refractivity contribution is 0.168. The van der Waals surface area contributed by atoms with Crippen LogP contribution in [-0.4, -0.2) is 42.9 Å². The molecule has 0 amide bonds. The quantitative estimate of drug-likeness (QED) is 0.776. The Morgan fingerprint density at radius 3 is 2.76 bits per heavy atom. The van der Waals surface area contributed by atoms with E-state index < -0.39 is 0 Å². The summed E-state index contributed by atoms with van der Waals surface area (Å²) in [7, 11) is 0. The summed E-state index contributed by atoms with van der Waals surface area (Å²) in [6.07, 6.45) is 1.08. The lowest BCUT2D eigenvalue weighted by Gasteiger charge is -2.20. The Morgan fingerprint density at radius 1 is 1.29 bits per heavy atom. The van der Waals surface area contributed by atoms with E-state index in [-0.39, 0.29) is 6.61 Å². The van der Waals surface area contributed by atoms with E-state index >= 15 is 0 Å². The average Bonchev–Trinajstić information content (AvgIpc) is 2.30. The Labute approximate surface area is 108 Å². The molecule has 1 N–H and O–H groups in total. The molecular weight excluding hydrogens is 238 g/mol. The maximum Gasteiger partial charge on any atom is 0.120 e. The summed E-state index contributed by atoms with van der Waals surface area (Å²) in [5.41, 5.74) is 0. The van der Waals surface area contributed by atoms with Gasteiger partial charge in [0.2, 0.25) is 0 Å². The zero-order valence-corrected chi connectivity index (χ0v) is 11.0. The molecule has 0 heterocycles. The Morgan fingerprint density at radius 2 is 2.12 bits per heavy atom. The van der Waals surface area contributed by atoms with Gasteiger partial charge in [0.05, 0.1) is 6.61 Å². The molecule has 0 saturated carbocycles. The van der Waals surface area contributed by atoms with Crippen molar-refractivity contribution < 1.29 is 9.84 Å². The van der Waals surface area contributed by atoms with Gasteiger partial charge in [0, 0.05) is 18.1 Å². The molecule has 96 valence electrons. The van der Waals surface area contributed by atoms with E-state index in [1.807, 2.05) is 18.2 Å².